The van der Waals surface area contributed by atoms with Gasteiger partial charge in [0.1, 0.15) is 0 Å². The molecule has 0 amide bonds. The molecule has 1 rings (SSSR count). The van der Waals surface area contributed by atoms with Crippen LogP contribution in [0, 0.1) is 0 Å². The van der Waals surface area contributed by atoms with E-state index in [1.54, 1.807) is 31.2 Å². The molecule has 0 radical (unpaired) electrons. The molecular weight excluding hydrogens is 248 g/mol. The second kappa shape index (κ2) is 5.85. The number of unbranched alkanes of at least 4 members (excludes halogenated alkanes) is 2. The van der Waals surface area contributed by atoms with Crippen LogP contribution in [0.5, 0.6) is 0 Å². The predicted octanol–water partition coefficient (Wildman–Crippen LogP) is 2.88. The van der Waals surface area contributed by atoms with Crippen molar-refractivity contribution in [2.75, 3.05) is 6.26 Å². The zero-order valence-corrected chi connectivity index (χ0v) is 12.1. The fraction of sp³-hybridized carbons (Fsp3) is 0.571. The van der Waals surface area contributed by atoms with E-state index in [4.69, 9.17) is 0 Å². The quantitative estimate of drug-likeness (QED) is 0.809. The molecule has 3 nitrogen and oxygen atoms in total. The molecule has 102 valence electrons. The van der Waals surface area contributed by atoms with Crippen molar-refractivity contribution in [2.45, 2.75) is 50.0 Å². The Balaban J connectivity index is 2.84. The molecular formula is C14H22O3S. The smallest absolute Gasteiger partial charge is 0.175 e. The molecule has 0 aromatic heterocycles. The Hall–Kier alpha value is -0.870. The molecule has 4 heteroatoms. The molecule has 0 aliphatic heterocycles. The van der Waals surface area contributed by atoms with Gasteiger partial charge in [-0.25, -0.2) is 8.42 Å². The minimum Gasteiger partial charge on any atom is -0.385 e. The largest absolute Gasteiger partial charge is 0.385 e. The molecule has 0 fully saturated rings. The lowest BCUT2D eigenvalue weighted by atomic mass is 9.90. The maximum atomic E-state index is 11.3. The number of rotatable bonds is 6. The van der Waals surface area contributed by atoms with Gasteiger partial charge < -0.3 is 5.11 Å². The molecule has 1 N–H and O–H groups in total. The van der Waals surface area contributed by atoms with Crippen molar-refractivity contribution in [3.63, 3.8) is 0 Å². The zero-order valence-electron chi connectivity index (χ0n) is 11.3. The van der Waals surface area contributed by atoms with Gasteiger partial charge in [0.2, 0.25) is 0 Å². The summed E-state index contributed by atoms with van der Waals surface area (Å²) in [6, 6.07) is 6.50. The summed E-state index contributed by atoms with van der Waals surface area (Å²) < 4.78 is 22.7. The molecule has 0 saturated heterocycles. The van der Waals surface area contributed by atoms with Crippen molar-refractivity contribution < 1.29 is 13.5 Å². The molecule has 1 aromatic carbocycles. The fourth-order valence-electron chi connectivity index (χ4n) is 1.92. The van der Waals surface area contributed by atoms with E-state index < -0.39 is 15.4 Å². The molecule has 18 heavy (non-hydrogen) atoms. The first-order valence-corrected chi connectivity index (χ1v) is 8.19. The van der Waals surface area contributed by atoms with E-state index in [-0.39, 0.29) is 4.90 Å². The van der Waals surface area contributed by atoms with E-state index in [9.17, 15) is 13.5 Å². The third kappa shape index (κ3) is 4.10. The van der Waals surface area contributed by atoms with Crippen LogP contribution in [-0.2, 0) is 15.4 Å². The lowest BCUT2D eigenvalue weighted by molar-refractivity contribution is 0.0449. The minimum atomic E-state index is -3.17. The third-order valence-electron chi connectivity index (χ3n) is 3.17. The van der Waals surface area contributed by atoms with Crippen LogP contribution in [-0.4, -0.2) is 19.8 Å². The maximum absolute atomic E-state index is 11.3. The van der Waals surface area contributed by atoms with Crippen molar-refractivity contribution in [1.29, 1.82) is 0 Å². The topological polar surface area (TPSA) is 54.4 Å². The summed E-state index contributed by atoms with van der Waals surface area (Å²) in [5, 5.41) is 10.4. The average molecular weight is 270 g/mol. The summed E-state index contributed by atoms with van der Waals surface area (Å²) in [4.78, 5) is 0.288. The first kappa shape index (κ1) is 15.2. The van der Waals surface area contributed by atoms with E-state index >= 15 is 0 Å². The van der Waals surface area contributed by atoms with Crippen LogP contribution in [0.2, 0.25) is 0 Å². The minimum absolute atomic E-state index is 0.288. The van der Waals surface area contributed by atoms with Gasteiger partial charge in [-0.2, -0.15) is 0 Å². The van der Waals surface area contributed by atoms with Crippen molar-refractivity contribution in [3.05, 3.63) is 29.8 Å². The van der Waals surface area contributed by atoms with Gasteiger partial charge >= 0.3 is 0 Å². The lowest BCUT2D eigenvalue weighted by Crippen LogP contribution is -2.21. The van der Waals surface area contributed by atoms with Gasteiger partial charge in [0, 0.05) is 6.26 Å². The van der Waals surface area contributed by atoms with Gasteiger partial charge in [0.05, 0.1) is 10.5 Å². The summed E-state index contributed by atoms with van der Waals surface area (Å²) in [5.74, 6) is 0. The van der Waals surface area contributed by atoms with E-state index in [0.29, 0.717) is 6.42 Å². The summed E-state index contributed by atoms with van der Waals surface area (Å²) in [6.45, 7) is 3.90. The van der Waals surface area contributed by atoms with E-state index in [0.717, 1.165) is 24.8 Å². The SMILES string of the molecule is CCCCCC(C)(O)c1ccc(S(C)(=O)=O)cc1. The number of hydrogen-bond donors (Lipinski definition) is 1. The first-order chi connectivity index (χ1) is 8.27. The molecule has 0 spiro atoms. The molecule has 1 atom stereocenters. The molecule has 1 aromatic rings. The molecule has 0 aliphatic carbocycles. The van der Waals surface area contributed by atoms with Crippen molar-refractivity contribution in [2.24, 2.45) is 0 Å². The summed E-state index contributed by atoms with van der Waals surface area (Å²) >= 11 is 0. The van der Waals surface area contributed by atoms with Crippen molar-refractivity contribution >= 4 is 9.84 Å². The summed E-state index contributed by atoms with van der Waals surface area (Å²) in [7, 11) is -3.17. The highest BCUT2D eigenvalue weighted by Crippen LogP contribution is 2.27. The van der Waals surface area contributed by atoms with E-state index in [2.05, 4.69) is 6.92 Å². The Kier molecular flexibility index (Phi) is 4.93. The van der Waals surface area contributed by atoms with Gasteiger partial charge in [-0.3, -0.25) is 0 Å². The van der Waals surface area contributed by atoms with Crippen LogP contribution in [0.4, 0.5) is 0 Å². The van der Waals surface area contributed by atoms with Crippen molar-refractivity contribution in [3.8, 4) is 0 Å². The second-order valence-electron chi connectivity index (χ2n) is 5.03. The number of aliphatic hydroxyl groups is 1. The van der Waals surface area contributed by atoms with Crippen LogP contribution in [0.3, 0.4) is 0 Å². The molecule has 0 aliphatic rings. The highest BCUT2D eigenvalue weighted by Gasteiger charge is 2.22. The monoisotopic (exact) mass is 270 g/mol. The molecule has 0 heterocycles. The Bertz CT molecular complexity index is 472. The standard InChI is InChI=1S/C14H22O3S/c1-4-5-6-11-14(2,15)12-7-9-13(10-8-12)18(3,16)17/h7-10,15H,4-6,11H2,1-3H3. The second-order valence-corrected chi connectivity index (χ2v) is 7.04. The average Bonchev–Trinajstić information content (AvgIpc) is 2.28. The summed E-state index contributed by atoms with van der Waals surface area (Å²) in [6.07, 6.45) is 5.05. The van der Waals surface area contributed by atoms with Crippen LogP contribution in [0.1, 0.15) is 45.1 Å². The van der Waals surface area contributed by atoms with Crippen LogP contribution in [0.15, 0.2) is 29.2 Å². The van der Waals surface area contributed by atoms with Gasteiger partial charge in [-0.1, -0.05) is 38.3 Å². The van der Waals surface area contributed by atoms with Gasteiger partial charge in [-0.05, 0) is 31.0 Å². The number of sulfone groups is 1. The highest BCUT2D eigenvalue weighted by molar-refractivity contribution is 7.90. The van der Waals surface area contributed by atoms with Crippen LogP contribution >= 0.6 is 0 Å². The van der Waals surface area contributed by atoms with Gasteiger partial charge in [0.25, 0.3) is 0 Å². The predicted molar refractivity (Wildman–Crippen MR) is 73.3 cm³/mol. The molecule has 1 unspecified atom stereocenters. The van der Waals surface area contributed by atoms with Gasteiger partial charge in [0.15, 0.2) is 9.84 Å². The summed E-state index contributed by atoms with van der Waals surface area (Å²) in [5.41, 5.74) is -0.114. The van der Waals surface area contributed by atoms with Crippen molar-refractivity contribution in [1.82, 2.24) is 0 Å². The van der Waals surface area contributed by atoms with E-state index in [1.165, 1.54) is 6.26 Å². The Morgan fingerprint density at radius 1 is 1.17 bits per heavy atom. The third-order valence-corrected chi connectivity index (χ3v) is 4.30. The Labute approximate surface area is 110 Å². The van der Waals surface area contributed by atoms with E-state index in [1.807, 2.05) is 0 Å². The Morgan fingerprint density at radius 3 is 2.17 bits per heavy atom. The normalized spacial score (nSPS) is 15.3. The van der Waals surface area contributed by atoms with Gasteiger partial charge in [-0.15, -0.1) is 0 Å². The first-order valence-electron chi connectivity index (χ1n) is 6.30. The van der Waals surface area contributed by atoms with Crippen LogP contribution < -0.4 is 0 Å². The molecule has 0 saturated carbocycles. The number of hydrogen-bond acceptors (Lipinski definition) is 3. The lowest BCUT2D eigenvalue weighted by Gasteiger charge is -2.24. The maximum Gasteiger partial charge on any atom is 0.175 e. The zero-order chi connectivity index (χ0) is 13.8. The van der Waals surface area contributed by atoms with Crippen LogP contribution in [0.25, 0.3) is 0 Å². The highest BCUT2D eigenvalue weighted by atomic mass is 32.2. The number of benzene rings is 1. The molecule has 0 bridgehead atoms. The fourth-order valence-corrected chi connectivity index (χ4v) is 2.56. The Morgan fingerprint density at radius 2 is 1.72 bits per heavy atom.